The van der Waals surface area contributed by atoms with Gasteiger partial charge in [0, 0.05) is 31.1 Å². The van der Waals surface area contributed by atoms with E-state index in [1.165, 1.54) is 6.07 Å². The Bertz CT molecular complexity index is 2020. The van der Waals surface area contributed by atoms with E-state index in [0.29, 0.717) is 42.1 Å². The Hall–Kier alpha value is -4.14. The fourth-order valence-corrected chi connectivity index (χ4v) is 8.76. The first-order valence-electron chi connectivity index (χ1n) is 19.2. The maximum atomic E-state index is 14.7. The van der Waals surface area contributed by atoms with Crippen LogP contribution in [0, 0.1) is 11.8 Å². The lowest BCUT2D eigenvalue weighted by molar-refractivity contribution is -0.197. The third kappa shape index (κ3) is 9.82. The van der Waals surface area contributed by atoms with Crippen LogP contribution in [0.15, 0.2) is 24.3 Å². The molecule has 4 amide bonds. The van der Waals surface area contributed by atoms with Gasteiger partial charge in [-0.25, -0.2) is 18.7 Å². The highest BCUT2D eigenvalue weighted by Crippen LogP contribution is 2.47. The van der Waals surface area contributed by atoms with Crippen LogP contribution in [0.1, 0.15) is 72.6 Å². The van der Waals surface area contributed by atoms with Crippen molar-refractivity contribution in [3.63, 3.8) is 0 Å². The maximum absolute atomic E-state index is 14.7. The van der Waals surface area contributed by atoms with Gasteiger partial charge in [0.15, 0.2) is 6.10 Å². The molecule has 21 heteroatoms. The number of nitrogens with one attached hydrogen (secondary N) is 3. The maximum Gasteiger partial charge on any atom is 0.425 e. The number of carbonyl (C=O) groups is 4. The molecule has 4 fully saturated rings. The minimum Gasteiger partial charge on any atom is -0.488 e. The Morgan fingerprint density at radius 1 is 1.14 bits per heavy atom. The summed E-state index contributed by atoms with van der Waals surface area (Å²) in [6, 6.07) is 3.74. The van der Waals surface area contributed by atoms with Gasteiger partial charge in [0.1, 0.15) is 29.5 Å². The number of rotatable bonds is 15. The van der Waals surface area contributed by atoms with Crippen molar-refractivity contribution in [3.8, 4) is 11.6 Å². The predicted molar refractivity (Wildman–Crippen MR) is 200 cm³/mol. The van der Waals surface area contributed by atoms with Gasteiger partial charge in [-0.2, -0.15) is 21.6 Å². The molecule has 16 nitrogen and oxygen atoms in total. The van der Waals surface area contributed by atoms with Crippen molar-refractivity contribution in [2.75, 3.05) is 26.4 Å². The van der Waals surface area contributed by atoms with Gasteiger partial charge in [-0.3, -0.25) is 14.4 Å². The molecule has 1 aromatic carbocycles. The number of ether oxygens (including phenoxy) is 4. The zero-order valence-electron chi connectivity index (χ0n) is 32.4. The van der Waals surface area contributed by atoms with Crippen molar-refractivity contribution < 1.29 is 63.9 Å². The van der Waals surface area contributed by atoms with Gasteiger partial charge in [-0.15, -0.1) is 0 Å². The minimum atomic E-state index is -4.87. The van der Waals surface area contributed by atoms with Crippen molar-refractivity contribution in [1.29, 1.82) is 0 Å². The Morgan fingerprint density at radius 3 is 2.47 bits per heavy atom. The second kappa shape index (κ2) is 16.8. The quantitative estimate of drug-likeness (QED) is 0.230. The van der Waals surface area contributed by atoms with E-state index in [0.717, 1.165) is 4.90 Å². The van der Waals surface area contributed by atoms with Crippen LogP contribution in [-0.4, -0.2) is 110 Å². The summed E-state index contributed by atoms with van der Waals surface area (Å²) in [5.74, 6) is -3.29. The van der Waals surface area contributed by atoms with Gasteiger partial charge in [0.25, 0.3) is 5.91 Å². The predicted octanol–water partition coefficient (Wildman–Crippen LogP) is 4.32. The van der Waals surface area contributed by atoms with E-state index in [9.17, 15) is 40.8 Å². The number of amides is 4. The van der Waals surface area contributed by atoms with E-state index >= 15 is 0 Å². The number of hydrogen-bond donors (Lipinski definition) is 3. The van der Waals surface area contributed by atoms with Gasteiger partial charge < -0.3 is 34.5 Å². The number of alkyl carbamates (subject to hydrolysis) is 1. The molecule has 0 bridgehead atoms. The summed E-state index contributed by atoms with van der Waals surface area (Å²) in [5.41, 5.74) is -2.24. The molecule has 6 atom stereocenters. The minimum absolute atomic E-state index is 0.0912. The number of pyridine rings is 1. The van der Waals surface area contributed by atoms with Crippen LogP contribution in [0.5, 0.6) is 11.6 Å². The zero-order valence-corrected chi connectivity index (χ0v) is 33.9. The monoisotopic (exact) mass is 861 g/mol. The lowest BCUT2D eigenvalue weighted by Crippen LogP contribution is -2.59. The molecule has 0 radical (unpaired) electrons. The molecule has 320 valence electrons. The van der Waals surface area contributed by atoms with Gasteiger partial charge in [-0.1, -0.05) is 31.0 Å². The van der Waals surface area contributed by atoms with Crippen LogP contribution in [0.4, 0.5) is 18.0 Å². The van der Waals surface area contributed by atoms with Crippen molar-refractivity contribution in [2.45, 2.75) is 114 Å². The molecule has 1 aromatic heterocycles. The normalized spacial score (nSPS) is 25.3. The third-order valence-electron chi connectivity index (χ3n) is 11.0. The number of aromatic nitrogens is 1. The summed E-state index contributed by atoms with van der Waals surface area (Å²) in [7, 11) is -4.55. The fourth-order valence-electron chi connectivity index (χ4n) is 7.39. The van der Waals surface area contributed by atoms with Crippen molar-refractivity contribution in [1.82, 2.24) is 25.2 Å². The number of benzene rings is 1. The summed E-state index contributed by atoms with van der Waals surface area (Å²) >= 11 is 6.47. The summed E-state index contributed by atoms with van der Waals surface area (Å²) in [6.07, 6.45) is -7.98. The van der Waals surface area contributed by atoms with Crippen molar-refractivity contribution in [3.05, 3.63) is 29.3 Å². The first-order valence-corrected chi connectivity index (χ1v) is 21.0. The van der Waals surface area contributed by atoms with Crippen LogP contribution in [0.3, 0.4) is 0 Å². The van der Waals surface area contributed by atoms with Gasteiger partial charge >= 0.3 is 22.6 Å². The second-order valence-corrected chi connectivity index (χ2v) is 17.0. The molecule has 4 aliphatic rings. The number of alkyl halides is 3. The first-order chi connectivity index (χ1) is 27.3. The first kappa shape index (κ1) is 43.4. The summed E-state index contributed by atoms with van der Waals surface area (Å²) in [6.45, 7) is 6.17. The molecule has 0 spiro atoms. The Kier molecular flexibility index (Phi) is 12.6. The smallest absolute Gasteiger partial charge is 0.425 e. The fraction of sp³-hybridized carbons (Fsp3) is 0.649. The molecule has 3 heterocycles. The summed E-state index contributed by atoms with van der Waals surface area (Å²) in [5, 5.41) is 5.84. The number of fused-ring (bicyclic) bond motifs is 1. The molecular weight excluding hydrogens is 815 g/mol. The van der Waals surface area contributed by atoms with Gasteiger partial charge in [0.2, 0.25) is 17.7 Å². The summed E-state index contributed by atoms with van der Waals surface area (Å²) < 4.78 is 94.8. The SMILES string of the molecule is CCOc1cc(O[C@@H]2C[C@@H](C(=O)N[C@]3(C(=O)NS(=O)(=O)OC4(C)CC4)C[C@H]3CC)N(C(=O)[C@@H](NC(=O)OC(C)C(F)(F)F)C3CCOCC3)C2)c2cccc(Cl)c2n1. The van der Waals surface area contributed by atoms with Gasteiger partial charge in [-0.05, 0) is 76.8 Å². The lowest BCUT2D eigenvalue weighted by atomic mass is 9.90. The second-order valence-electron chi connectivity index (χ2n) is 15.4. The summed E-state index contributed by atoms with van der Waals surface area (Å²) in [4.78, 5) is 61.3. The van der Waals surface area contributed by atoms with E-state index < -0.39 is 87.6 Å². The van der Waals surface area contributed by atoms with Crippen LogP contribution in [-0.2, 0) is 38.3 Å². The van der Waals surface area contributed by atoms with Crippen LogP contribution >= 0.6 is 11.6 Å². The highest BCUT2D eigenvalue weighted by Gasteiger charge is 2.62. The molecule has 3 N–H and O–H groups in total. The van der Waals surface area contributed by atoms with Crippen LogP contribution in [0.2, 0.25) is 5.02 Å². The third-order valence-corrected chi connectivity index (χ3v) is 12.4. The number of nitrogens with zero attached hydrogens (tertiary/aromatic N) is 2. The van der Waals surface area contributed by atoms with E-state index in [2.05, 4.69) is 20.4 Å². The highest BCUT2D eigenvalue weighted by atomic mass is 35.5. The topological polar surface area (TPSA) is 201 Å². The average Bonchev–Trinajstić information content (AvgIpc) is 4.02. The zero-order chi connectivity index (χ0) is 42.2. The van der Waals surface area contributed by atoms with E-state index in [1.807, 2.05) is 4.72 Å². The molecular formula is C37H47ClF3N5O11S. The Morgan fingerprint density at radius 2 is 1.84 bits per heavy atom. The van der Waals surface area contributed by atoms with E-state index in [-0.39, 0.29) is 63.7 Å². The lowest BCUT2D eigenvalue weighted by Gasteiger charge is -2.34. The number of carbonyl (C=O) groups excluding carboxylic acids is 4. The molecule has 58 heavy (non-hydrogen) atoms. The number of halogens is 4. The van der Waals surface area contributed by atoms with E-state index in [1.54, 1.807) is 39.0 Å². The molecule has 2 saturated heterocycles. The molecule has 2 aliphatic carbocycles. The molecule has 2 saturated carbocycles. The van der Waals surface area contributed by atoms with Crippen LogP contribution < -0.4 is 24.8 Å². The average molecular weight is 862 g/mol. The van der Waals surface area contributed by atoms with Crippen LogP contribution in [0.25, 0.3) is 10.9 Å². The van der Waals surface area contributed by atoms with Gasteiger partial charge in [0.05, 0.1) is 29.3 Å². The molecule has 2 aromatic rings. The number of hydrogen-bond acceptors (Lipinski definition) is 12. The van der Waals surface area contributed by atoms with Crippen molar-refractivity contribution >= 4 is 56.6 Å². The molecule has 6 rings (SSSR count). The highest BCUT2D eigenvalue weighted by molar-refractivity contribution is 7.85. The molecule has 2 aliphatic heterocycles. The largest absolute Gasteiger partial charge is 0.488 e. The molecule has 1 unspecified atom stereocenters. The van der Waals surface area contributed by atoms with Crippen molar-refractivity contribution in [2.24, 2.45) is 11.8 Å². The van der Waals surface area contributed by atoms with E-state index in [4.69, 9.17) is 30.0 Å². The standard InChI is InChI=1S/C37H47ClF3N5O11S/c1-5-22-18-36(22,33(49)45-58(51,52)57-35(4)12-13-35)44-31(47)26-16-23(56-27-17-28(54-6-2)42-30-24(27)8-7-9-25(30)38)19-46(26)32(48)29(21-10-14-53-15-11-21)43-34(50)55-20(3)37(39,40)41/h7-9,17,20-23,26,29H,5-6,10-16,18-19H2,1-4H3,(H,43,50)(H,44,47)(H,45,49)/t20?,22-,23-,26+,29+,36-/m1/s1. The Labute approximate surface area is 338 Å². The Balaban J connectivity index is 1.31. The number of likely N-dealkylation sites (tertiary alicyclic amines) is 1. The number of para-hydroxylation sites is 1.